The fraction of sp³-hybridized carbons (Fsp3) is 0.0909. The van der Waals surface area contributed by atoms with Gasteiger partial charge in [0.1, 0.15) is 5.69 Å². The van der Waals surface area contributed by atoms with Crippen molar-refractivity contribution in [3.05, 3.63) is 61.3 Å². The summed E-state index contributed by atoms with van der Waals surface area (Å²) in [5, 5.41) is 10.5. The second kappa shape index (κ2) is 5.13. The van der Waals surface area contributed by atoms with Crippen LogP contribution < -0.4 is 5.56 Å². The smallest absolute Gasteiger partial charge is 0.328 e. The summed E-state index contributed by atoms with van der Waals surface area (Å²) in [7, 11) is 0. The van der Waals surface area contributed by atoms with E-state index < -0.39 is 27.1 Å². The Balaban J connectivity index is 2.58. The van der Waals surface area contributed by atoms with Crippen LogP contribution in [0.5, 0.6) is 0 Å². The predicted octanol–water partition coefficient (Wildman–Crippen LogP) is 2.82. The van der Waals surface area contributed by atoms with Crippen LogP contribution in [-0.2, 0) is 6.18 Å². The Morgan fingerprint density at radius 2 is 1.81 bits per heavy atom. The minimum absolute atomic E-state index is 0.126. The summed E-state index contributed by atoms with van der Waals surface area (Å²) in [6.45, 7) is 0. The largest absolute Gasteiger partial charge is 0.431 e. The topological polar surface area (TPSA) is 80.9 Å². The third-order valence-corrected chi connectivity index (χ3v) is 2.84. The average Bonchev–Trinajstić information content (AvgIpc) is 2.37. The Hall–Kier alpha value is -2.49. The summed E-state index contributed by atoms with van der Waals surface area (Å²) in [6, 6.07) is 5.05. The van der Waals surface area contributed by atoms with Crippen LogP contribution in [0.4, 0.5) is 18.9 Å². The second-order valence-electron chi connectivity index (χ2n) is 3.93. The van der Waals surface area contributed by atoms with Gasteiger partial charge in [-0.05, 0) is 24.4 Å². The number of nitro benzene ring substituents is 1. The van der Waals surface area contributed by atoms with Crippen LogP contribution in [0.2, 0.25) is 0 Å². The van der Waals surface area contributed by atoms with Gasteiger partial charge in [0.05, 0.1) is 10.6 Å². The lowest BCUT2D eigenvalue weighted by molar-refractivity contribution is -0.384. The highest BCUT2D eigenvalue weighted by atomic mass is 32.1. The minimum Gasteiger partial charge on any atom is -0.328 e. The first-order valence-electron chi connectivity index (χ1n) is 5.38. The molecule has 0 radical (unpaired) electrons. The maximum Gasteiger partial charge on any atom is 0.431 e. The highest BCUT2D eigenvalue weighted by molar-refractivity contribution is 7.71. The molecule has 2 aromatic rings. The molecule has 0 atom stereocenters. The lowest BCUT2D eigenvalue weighted by atomic mass is 10.3. The summed E-state index contributed by atoms with van der Waals surface area (Å²) in [5.74, 6) is 0. The summed E-state index contributed by atoms with van der Waals surface area (Å²) < 4.78 is 37.9. The molecule has 0 amide bonds. The number of non-ortho nitro benzene ring substituents is 1. The highest BCUT2D eigenvalue weighted by Gasteiger charge is 2.32. The molecule has 110 valence electrons. The van der Waals surface area contributed by atoms with Gasteiger partial charge in [-0.3, -0.25) is 19.5 Å². The minimum atomic E-state index is -4.72. The Morgan fingerprint density at radius 3 is 2.24 bits per heavy atom. The van der Waals surface area contributed by atoms with Crippen LogP contribution in [0.15, 0.2) is 35.1 Å². The molecule has 0 fully saturated rings. The van der Waals surface area contributed by atoms with Crippen LogP contribution in [0.25, 0.3) is 5.69 Å². The number of H-pyrrole nitrogens is 1. The Labute approximate surface area is 119 Å². The molecule has 0 saturated carbocycles. The summed E-state index contributed by atoms with van der Waals surface area (Å²) in [5.41, 5.74) is -2.33. The SMILES string of the molecule is O=c1cc(C(F)(F)F)[nH]c(=S)n1-c1ccc([N+](=O)[O-])cc1. The van der Waals surface area contributed by atoms with E-state index in [9.17, 15) is 28.1 Å². The molecule has 1 aromatic heterocycles. The number of benzene rings is 1. The number of hydrogen-bond acceptors (Lipinski definition) is 4. The quantitative estimate of drug-likeness (QED) is 0.524. The lowest BCUT2D eigenvalue weighted by Gasteiger charge is -2.10. The van der Waals surface area contributed by atoms with Gasteiger partial charge < -0.3 is 4.98 Å². The predicted molar refractivity (Wildman–Crippen MR) is 68.9 cm³/mol. The van der Waals surface area contributed by atoms with E-state index in [1.54, 1.807) is 0 Å². The third-order valence-electron chi connectivity index (χ3n) is 2.56. The van der Waals surface area contributed by atoms with E-state index in [1.807, 2.05) is 4.98 Å². The van der Waals surface area contributed by atoms with Crippen molar-refractivity contribution in [2.24, 2.45) is 0 Å². The van der Waals surface area contributed by atoms with Crippen LogP contribution >= 0.6 is 12.2 Å². The average molecular weight is 317 g/mol. The van der Waals surface area contributed by atoms with Gasteiger partial charge in [0, 0.05) is 18.2 Å². The van der Waals surface area contributed by atoms with Crippen molar-refractivity contribution in [1.82, 2.24) is 9.55 Å². The van der Waals surface area contributed by atoms with Crippen molar-refractivity contribution in [1.29, 1.82) is 0 Å². The van der Waals surface area contributed by atoms with Gasteiger partial charge in [-0.1, -0.05) is 0 Å². The molecule has 1 heterocycles. The van der Waals surface area contributed by atoms with Crippen LogP contribution in [0, 0.1) is 14.9 Å². The zero-order valence-electron chi connectivity index (χ0n) is 10.0. The van der Waals surface area contributed by atoms with E-state index in [0.717, 1.165) is 16.7 Å². The summed E-state index contributed by atoms with van der Waals surface area (Å²) in [4.78, 5) is 23.6. The van der Waals surface area contributed by atoms with Gasteiger partial charge in [-0.15, -0.1) is 0 Å². The molecule has 1 N–H and O–H groups in total. The Morgan fingerprint density at radius 1 is 1.24 bits per heavy atom. The number of hydrogen-bond donors (Lipinski definition) is 1. The van der Waals surface area contributed by atoms with Crippen LogP contribution in [-0.4, -0.2) is 14.5 Å². The first-order chi connectivity index (χ1) is 9.70. The van der Waals surface area contributed by atoms with E-state index in [0.29, 0.717) is 6.07 Å². The molecule has 0 aliphatic heterocycles. The van der Waals surface area contributed by atoms with Crippen molar-refractivity contribution >= 4 is 17.9 Å². The van der Waals surface area contributed by atoms with E-state index >= 15 is 0 Å². The first-order valence-corrected chi connectivity index (χ1v) is 5.79. The van der Waals surface area contributed by atoms with Gasteiger partial charge in [0.15, 0.2) is 4.77 Å². The summed E-state index contributed by atoms with van der Waals surface area (Å²) in [6.07, 6.45) is -4.72. The number of nitrogens with one attached hydrogen (secondary N) is 1. The molecule has 21 heavy (non-hydrogen) atoms. The molecule has 10 heteroatoms. The molecule has 0 aliphatic carbocycles. The van der Waals surface area contributed by atoms with Crippen LogP contribution in [0.3, 0.4) is 0 Å². The number of rotatable bonds is 2. The molecular formula is C11H6F3N3O3S. The van der Waals surface area contributed by atoms with Crippen molar-refractivity contribution in [3.8, 4) is 5.69 Å². The molecule has 1 aromatic carbocycles. The number of nitro groups is 1. The zero-order valence-corrected chi connectivity index (χ0v) is 10.9. The number of alkyl halides is 3. The normalized spacial score (nSPS) is 11.4. The number of nitrogens with zero attached hydrogens (tertiary/aromatic N) is 2. The summed E-state index contributed by atoms with van der Waals surface area (Å²) >= 11 is 4.74. The van der Waals surface area contributed by atoms with Crippen molar-refractivity contribution in [2.75, 3.05) is 0 Å². The van der Waals surface area contributed by atoms with E-state index in [2.05, 4.69) is 0 Å². The first kappa shape index (κ1) is 14.9. The standard InChI is InChI=1S/C11H6F3N3O3S/c12-11(13,14)8-5-9(18)16(10(21)15-8)6-1-3-7(4-2-6)17(19)20/h1-5H,(H,15,21). The van der Waals surface area contributed by atoms with Crippen molar-refractivity contribution < 1.29 is 18.1 Å². The van der Waals surface area contributed by atoms with Crippen molar-refractivity contribution in [3.63, 3.8) is 0 Å². The highest BCUT2D eigenvalue weighted by Crippen LogP contribution is 2.26. The molecule has 0 spiro atoms. The van der Waals surface area contributed by atoms with Gasteiger partial charge in [0.25, 0.3) is 11.2 Å². The molecule has 0 bridgehead atoms. The Kier molecular flexibility index (Phi) is 3.64. The van der Waals surface area contributed by atoms with E-state index in [4.69, 9.17) is 12.2 Å². The second-order valence-corrected chi connectivity index (χ2v) is 4.32. The fourth-order valence-electron chi connectivity index (χ4n) is 1.62. The maximum absolute atomic E-state index is 12.5. The molecule has 6 nitrogen and oxygen atoms in total. The maximum atomic E-state index is 12.5. The number of halogens is 3. The third kappa shape index (κ3) is 2.99. The van der Waals surface area contributed by atoms with Gasteiger partial charge >= 0.3 is 6.18 Å². The monoisotopic (exact) mass is 317 g/mol. The van der Waals surface area contributed by atoms with E-state index in [1.165, 1.54) is 12.1 Å². The zero-order chi connectivity index (χ0) is 15.8. The molecule has 0 aliphatic rings. The van der Waals surface area contributed by atoms with Crippen molar-refractivity contribution in [2.45, 2.75) is 6.18 Å². The molecule has 2 rings (SSSR count). The van der Waals surface area contributed by atoms with Crippen LogP contribution in [0.1, 0.15) is 5.69 Å². The lowest BCUT2D eigenvalue weighted by Crippen LogP contribution is -2.23. The Bertz CT molecular complexity index is 777. The number of aromatic amines is 1. The van der Waals surface area contributed by atoms with Gasteiger partial charge in [-0.25, -0.2) is 0 Å². The number of aromatic nitrogens is 2. The van der Waals surface area contributed by atoms with Gasteiger partial charge in [-0.2, -0.15) is 13.2 Å². The molecule has 0 unspecified atom stereocenters. The fourth-order valence-corrected chi connectivity index (χ4v) is 1.92. The van der Waals surface area contributed by atoms with Gasteiger partial charge in [0.2, 0.25) is 0 Å². The molecular weight excluding hydrogens is 311 g/mol. The molecule has 0 saturated heterocycles. The van der Waals surface area contributed by atoms with E-state index in [-0.39, 0.29) is 11.4 Å².